The summed E-state index contributed by atoms with van der Waals surface area (Å²) in [5.41, 5.74) is 1.37. The fourth-order valence-electron chi connectivity index (χ4n) is 1.82. The predicted molar refractivity (Wildman–Crippen MR) is 65.5 cm³/mol. The Bertz CT molecular complexity index is 306. The summed E-state index contributed by atoms with van der Waals surface area (Å²) >= 11 is 0. The molecule has 1 heterocycles. The summed E-state index contributed by atoms with van der Waals surface area (Å²) in [6.45, 7) is 4.61. The van der Waals surface area contributed by atoms with Gasteiger partial charge in [-0.1, -0.05) is 18.2 Å². The van der Waals surface area contributed by atoms with Gasteiger partial charge in [0.05, 0.1) is 0 Å². The number of nitrogens with zero attached hydrogens (tertiary/aromatic N) is 2. The Kier molecular flexibility index (Phi) is 3.05. The Morgan fingerprint density at radius 2 is 1.71 bits per heavy atom. The predicted octanol–water partition coefficient (Wildman–Crippen LogP) is 0.939. The molecule has 2 rings (SSSR count). The molecule has 1 aromatic rings. The zero-order chi connectivity index (χ0) is 9.97. The lowest BCUT2D eigenvalue weighted by molar-refractivity contribution is 0.313. The standard InChI is InChI=1S/C11H17N2P/c1-12-6-8-13(9-7-12)10-4-2-3-5-11(10)14/h2-5H,6-9,14H2,1H3. The zero-order valence-corrected chi connectivity index (χ0v) is 9.76. The van der Waals surface area contributed by atoms with Crippen molar-refractivity contribution in [1.82, 2.24) is 4.90 Å². The van der Waals surface area contributed by atoms with Crippen molar-refractivity contribution in [3.8, 4) is 0 Å². The maximum Gasteiger partial charge on any atom is 0.0439 e. The molecule has 0 N–H and O–H groups in total. The highest BCUT2D eigenvalue weighted by atomic mass is 31.0. The zero-order valence-electron chi connectivity index (χ0n) is 8.61. The molecule has 0 radical (unpaired) electrons. The van der Waals surface area contributed by atoms with Crippen molar-refractivity contribution in [1.29, 1.82) is 0 Å². The van der Waals surface area contributed by atoms with Crippen LogP contribution in [0.2, 0.25) is 0 Å². The molecule has 1 aliphatic heterocycles. The Morgan fingerprint density at radius 1 is 1.07 bits per heavy atom. The summed E-state index contributed by atoms with van der Waals surface area (Å²) in [4.78, 5) is 4.84. The van der Waals surface area contributed by atoms with Gasteiger partial charge < -0.3 is 9.80 Å². The molecule has 2 nitrogen and oxygen atoms in total. The number of likely N-dealkylation sites (N-methyl/N-ethyl adjacent to an activating group) is 1. The molecule has 1 aliphatic rings. The summed E-state index contributed by atoms with van der Waals surface area (Å²) in [7, 11) is 5.00. The van der Waals surface area contributed by atoms with Crippen LogP contribution in [0.1, 0.15) is 0 Å². The number of hydrogen-bond acceptors (Lipinski definition) is 2. The van der Waals surface area contributed by atoms with E-state index < -0.39 is 0 Å². The number of rotatable bonds is 1. The van der Waals surface area contributed by atoms with Gasteiger partial charge >= 0.3 is 0 Å². The fraction of sp³-hybridized carbons (Fsp3) is 0.455. The lowest BCUT2D eigenvalue weighted by Crippen LogP contribution is -2.45. The molecule has 0 aromatic heterocycles. The van der Waals surface area contributed by atoms with E-state index in [0.717, 1.165) is 13.1 Å². The highest BCUT2D eigenvalue weighted by Gasteiger charge is 2.14. The Labute approximate surface area is 88.1 Å². The Hall–Kier alpha value is -0.590. The molecule has 14 heavy (non-hydrogen) atoms. The van der Waals surface area contributed by atoms with E-state index in [1.165, 1.54) is 24.1 Å². The summed E-state index contributed by atoms with van der Waals surface area (Å²) < 4.78 is 0. The maximum atomic E-state index is 2.81. The van der Waals surface area contributed by atoms with E-state index in [9.17, 15) is 0 Å². The molecule has 1 unspecified atom stereocenters. The highest BCUT2D eigenvalue weighted by Crippen LogP contribution is 2.15. The second kappa shape index (κ2) is 4.29. The van der Waals surface area contributed by atoms with E-state index in [-0.39, 0.29) is 0 Å². The third-order valence-electron chi connectivity index (χ3n) is 2.78. The molecule has 1 aromatic carbocycles. The van der Waals surface area contributed by atoms with Crippen molar-refractivity contribution in [2.75, 3.05) is 38.1 Å². The van der Waals surface area contributed by atoms with Gasteiger partial charge in [0.2, 0.25) is 0 Å². The van der Waals surface area contributed by atoms with E-state index in [0.29, 0.717) is 0 Å². The minimum absolute atomic E-state index is 1.14. The van der Waals surface area contributed by atoms with Crippen molar-refractivity contribution in [2.45, 2.75) is 0 Å². The van der Waals surface area contributed by atoms with E-state index in [1.54, 1.807) is 0 Å². The van der Waals surface area contributed by atoms with Crippen molar-refractivity contribution in [3.63, 3.8) is 0 Å². The van der Waals surface area contributed by atoms with Crippen LogP contribution in [-0.2, 0) is 0 Å². The van der Waals surface area contributed by atoms with Crippen molar-refractivity contribution >= 4 is 20.2 Å². The van der Waals surface area contributed by atoms with Crippen LogP contribution in [0.4, 0.5) is 5.69 Å². The minimum Gasteiger partial charge on any atom is -0.368 e. The van der Waals surface area contributed by atoms with Crippen molar-refractivity contribution < 1.29 is 0 Å². The van der Waals surface area contributed by atoms with Gasteiger partial charge in [0.25, 0.3) is 0 Å². The third-order valence-corrected chi connectivity index (χ3v) is 3.27. The molecule has 1 saturated heterocycles. The smallest absolute Gasteiger partial charge is 0.0439 e. The molecular formula is C11H17N2P. The van der Waals surface area contributed by atoms with Crippen LogP contribution in [0.15, 0.2) is 24.3 Å². The quantitative estimate of drug-likeness (QED) is 0.634. The molecule has 76 valence electrons. The van der Waals surface area contributed by atoms with Gasteiger partial charge in [-0.05, 0) is 18.4 Å². The summed E-state index contributed by atoms with van der Waals surface area (Å²) in [5, 5.41) is 1.30. The van der Waals surface area contributed by atoms with Crippen LogP contribution in [-0.4, -0.2) is 38.1 Å². The van der Waals surface area contributed by atoms with E-state index in [1.807, 2.05) is 0 Å². The molecule has 0 aliphatic carbocycles. The monoisotopic (exact) mass is 208 g/mol. The Balaban J connectivity index is 2.12. The average Bonchev–Trinajstić information content (AvgIpc) is 2.20. The van der Waals surface area contributed by atoms with Crippen molar-refractivity contribution in [2.24, 2.45) is 0 Å². The third kappa shape index (κ3) is 2.08. The number of benzene rings is 1. The lowest BCUT2D eigenvalue weighted by atomic mass is 10.2. The first-order valence-electron chi connectivity index (χ1n) is 5.05. The van der Waals surface area contributed by atoms with Gasteiger partial charge in [0.15, 0.2) is 0 Å². The minimum atomic E-state index is 1.14. The molecular weight excluding hydrogens is 191 g/mol. The molecule has 1 fully saturated rings. The first-order valence-corrected chi connectivity index (χ1v) is 5.63. The molecule has 0 saturated carbocycles. The van der Waals surface area contributed by atoms with Crippen molar-refractivity contribution in [3.05, 3.63) is 24.3 Å². The van der Waals surface area contributed by atoms with Crippen LogP contribution < -0.4 is 10.2 Å². The van der Waals surface area contributed by atoms with Crippen LogP contribution in [0, 0.1) is 0 Å². The van der Waals surface area contributed by atoms with Crippen LogP contribution >= 0.6 is 9.24 Å². The van der Waals surface area contributed by atoms with Crippen LogP contribution in [0.5, 0.6) is 0 Å². The summed E-state index contributed by atoms with van der Waals surface area (Å²) in [6, 6.07) is 8.55. The SMILES string of the molecule is CN1CCN(c2ccccc2P)CC1. The molecule has 0 amide bonds. The van der Waals surface area contributed by atoms with Gasteiger partial charge in [-0.25, -0.2) is 0 Å². The van der Waals surface area contributed by atoms with E-state index in [4.69, 9.17) is 0 Å². The summed E-state index contributed by atoms with van der Waals surface area (Å²) in [6.07, 6.45) is 0. The van der Waals surface area contributed by atoms with Crippen LogP contribution in [0.25, 0.3) is 0 Å². The number of piperazine rings is 1. The van der Waals surface area contributed by atoms with Gasteiger partial charge in [-0.15, -0.1) is 9.24 Å². The van der Waals surface area contributed by atoms with E-state index >= 15 is 0 Å². The van der Waals surface area contributed by atoms with E-state index in [2.05, 4.69) is 50.4 Å². The Morgan fingerprint density at radius 3 is 2.36 bits per heavy atom. The normalized spacial score (nSPS) is 18.6. The van der Waals surface area contributed by atoms with Crippen LogP contribution in [0.3, 0.4) is 0 Å². The average molecular weight is 208 g/mol. The first kappa shape index (κ1) is 9.95. The van der Waals surface area contributed by atoms with Gasteiger partial charge in [0, 0.05) is 31.9 Å². The molecule has 0 spiro atoms. The second-order valence-corrected chi connectivity index (χ2v) is 4.47. The van der Waals surface area contributed by atoms with Gasteiger partial charge in [-0.2, -0.15) is 0 Å². The lowest BCUT2D eigenvalue weighted by Gasteiger charge is -2.34. The second-order valence-electron chi connectivity index (χ2n) is 3.85. The molecule has 3 heteroatoms. The first-order chi connectivity index (χ1) is 6.77. The molecule has 1 atom stereocenters. The topological polar surface area (TPSA) is 6.48 Å². The fourth-order valence-corrected chi connectivity index (χ4v) is 2.21. The summed E-state index contributed by atoms with van der Waals surface area (Å²) in [5.74, 6) is 0. The number of hydrogen-bond donors (Lipinski definition) is 0. The number of anilines is 1. The van der Waals surface area contributed by atoms with Gasteiger partial charge in [-0.3, -0.25) is 0 Å². The largest absolute Gasteiger partial charge is 0.368 e. The number of para-hydroxylation sites is 1. The molecule has 0 bridgehead atoms. The van der Waals surface area contributed by atoms with Gasteiger partial charge in [0.1, 0.15) is 0 Å². The maximum absolute atomic E-state index is 2.81. The highest BCUT2D eigenvalue weighted by molar-refractivity contribution is 7.28.